The van der Waals surface area contributed by atoms with Gasteiger partial charge in [-0.2, -0.15) is 5.10 Å². The van der Waals surface area contributed by atoms with E-state index in [0.29, 0.717) is 19.4 Å². The fourth-order valence-electron chi connectivity index (χ4n) is 3.88. The summed E-state index contributed by atoms with van der Waals surface area (Å²) >= 11 is 0. The van der Waals surface area contributed by atoms with E-state index in [1.54, 1.807) is 7.05 Å². The van der Waals surface area contributed by atoms with Crippen LogP contribution in [0, 0.1) is 0 Å². The molecular formula is C23H26N6O2. The molecule has 0 aliphatic rings. The Morgan fingerprint density at radius 2 is 1.84 bits per heavy atom. The van der Waals surface area contributed by atoms with Crippen LogP contribution in [0.1, 0.15) is 11.3 Å². The van der Waals surface area contributed by atoms with Gasteiger partial charge in [-0.15, -0.1) is 0 Å². The van der Waals surface area contributed by atoms with E-state index in [-0.39, 0.29) is 11.9 Å². The van der Waals surface area contributed by atoms with Gasteiger partial charge in [0, 0.05) is 56.0 Å². The molecule has 2 heterocycles. The summed E-state index contributed by atoms with van der Waals surface area (Å²) < 4.78 is 1.84. The number of carbonyl (C=O) groups is 2. The highest BCUT2D eigenvalue weighted by molar-refractivity contribution is 5.89. The second-order valence-electron chi connectivity index (χ2n) is 7.47. The molecule has 0 aliphatic carbocycles. The number of hydrogen-bond donors (Lipinski definition) is 4. The molecular weight excluding hydrogens is 392 g/mol. The molecule has 0 saturated heterocycles. The number of amides is 3. The van der Waals surface area contributed by atoms with E-state index in [0.717, 1.165) is 33.1 Å². The average Bonchev–Trinajstić information content (AvgIpc) is 3.34. The van der Waals surface area contributed by atoms with Crippen molar-refractivity contribution in [2.45, 2.75) is 18.9 Å². The largest absolute Gasteiger partial charge is 0.361 e. The second kappa shape index (κ2) is 8.91. The molecule has 8 heteroatoms. The highest BCUT2D eigenvalue weighted by Gasteiger charge is 2.21. The predicted molar refractivity (Wildman–Crippen MR) is 121 cm³/mol. The molecule has 4 rings (SSSR count). The Bertz CT molecular complexity index is 1230. The number of aromatic amines is 1. The zero-order valence-corrected chi connectivity index (χ0v) is 17.6. The van der Waals surface area contributed by atoms with Crippen LogP contribution < -0.4 is 16.0 Å². The van der Waals surface area contributed by atoms with Crippen LogP contribution in [0.5, 0.6) is 0 Å². The summed E-state index contributed by atoms with van der Waals surface area (Å²) in [6, 6.07) is 14.8. The van der Waals surface area contributed by atoms with Gasteiger partial charge < -0.3 is 20.9 Å². The number of urea groups is 1. The fraction of sp³-hybridized carbons (Fsp3) is 0.261. The SMILES string of the molecule is CNC(=O)[C@H](Cc1c[nH]c2ccccc12)NC(=O)NCCc1nn(C)c2ccccc12. The summed E-state index contributed by atoms with van der Waals surface area (Å²) in [7, 11) is 3.47. The second-order valence-corrected chi connectivity index (χ2v) is 7.47. The van der Waals surface area contributed by atoms with Gasteiger partial charge in [-0.25, -0.2) is 4.79 Å². The predicted octanol–water partition coefficient (Wildman–Crippen LogP) is 2.25. The van der Waals surface area contributed by atoms with E-state index in [1.165, 1.54) is 0 Å². The number of rotatable bonds is 7. The molecule has 0 radical (unpaired) electrons. The van der Waals surface area contributed by atoms with Gasteiger partial charge in [0.1, 0.15) is 6.04 Å². The molecule has 1 atom stereocenters. The first-order valence-corrected chi connectivity index (χ1v) is 10.3. The minimum atomic E-state index is -0.681. The molecule has 0 fully saturated rings. The summed E-state index contributed by atoms with van der Waals surface area (Å²) in [6.45, 7) is 0.417. The van der Waals surface area contributed by atoms with Gasteiger partial charge in [-0.1, -0.05) is 36.4 Å². The Balaban J connectivity index is 1.38. The van der Waals surface area contributed by atoms with Crippen molar-refractivity contribution in [3.05, 3.63) is 66.0 Å². The highest BCUT2D eigenvalue weighted by atomic mass is 16.2. The molecule has 0 saturated carbocycles. The Hall–Kier alpha value is -3.81. The molecule has 2 aromatic heterocycles. The number of H-pyrrole nitrogens is 1. The number of benzene rings is 2. The van der Waals surface area contributed by atoms with Crippen molar-refractivity contribution >= 4 is 33.7 Å². The van der Waals surface area contributed by atoms with E-state index in [4.69, 9.17) is 0 Å². The summed E-state index contributed by atoms with van der Waals surface area (Å²) in [4.78, 5) is 28.1. The zero-order chi connectivity index (χ0) is 21.8. The third-order valence-corrected chi connectivity index (χ3v) is 5.45. The summed E-state index contributed by atoms with van der Waals surface area (Å²) in [5.41, 5.74) is 3.96. The number of likely N-dealkylation sites (N-methyl/N-ethyl adjacent to an activating group) is 1. The summed E-state index contributed by atoms with van der Waals surface area (Å²) in [5.74, 6) is -0.240. The van der Waals surface area contributed by atoms with Crippen LogP contribution in [-0.2, 0) is 24.7 Å². The van der Waals surface area contributed by atoms with Gasteiger partial charge in [-0.05, 0) is 17.7 Å². The number of nitrogens with one attached hydrogen (secondary N) is 4. The van der Waals surface area contributed by atoms with Crippen LogP contribution in [0.2, 0.25) is 0 Å². The lowest BCUT2D eigenvalue weighted by Crippen LogP contribution is -2.50. The van der Waals surface area contributed by atoms with Gasteiger partial charge in [0.15, 0.2) is 0 Å². The van der Waals surface area contributed by atoms with Crippen molar-refractivity contribution < 1.29 is 9.59 Å². The van der Waals surface area contributed by atoms with Crippen molar-refractivity contribution in [2.24, 2.45) is 7.05 Å². The minimum absolute atomic E-state index is 0.240. The summed E-state index contributed by atoms with van der Waals surface area (Å²) in [6.07, 6.45) is 2.87. The lowest BCUT2D eigenvalue weighted by molar-refractivity contribution is -0.122. The minimum Gasteiger partial charge on any atom is -0.361 e. The molecule has 160 valence electrons. The number of aryl methyl sites for hydroxylation is 1. The van der Waals surface area contributed by atoms with Crippen molar-refractivity contribution in [3.8, 4) is 0 Å². The number of aromatic nitrogens is 3. The van der Waals surface area contributed by atoms with Crippen LogP contribution in [0.4, 0.5) is 4.79 Å². The van der Waals surface area contributed by atoms with Crippen LogP contribution >= 0.6 is 0 Å². The molecule has 31 heavy (non-hydrogen) atoms. The first-order chi connectivity index (χ1) is 15.1. The number of carbonyl (C=O) groups excluding carboxylic acids is 2. The lowest BCUT2D eigenvalue weighted by atomic mass is 10.0. The third-order valence-electron chi connectivity index (χ3n) is 5.45. The Morgan fingerprint density at radius 3 is 2.65 bits per heavy atom. The van der Waals surface area contributed by atoms with E-state index < -0.39 is 6.04 Å². The van der Waals surface area contributed by atoms with Crippen molar-refractivity contribution in [3.63, 3.8) is 0 Å². The standard InChI is InChI=1S/C23H26N6O2/c1-24-22(30)20(13-15-14-26-18-9-5-3-7-16(15)18)27-23(31)25-12-11-19-17-8-4-6-10-21(17)29(2)28-19/h3-10,14,20,26H,11-13H2,1-2H3,(H,24,30)(H2,25,27,31)/t20-/m0/s1. The van der Waals surface area contributed by atoms with E-state index in [9.17, 15) is 9.59 Å². The smallest absolute Gasteiger partial charge is 0.315 e. The maximum Gasteiger partial charge on any atom is 0.315 e. The van der Waals surface area contributed by atoms with Gasteiger partial charge in [0.2, 0.25) is 5.91 Å². The molecule has 0 spiro atoms. The van der Waals surface area contributed by atoms with Crippen LogP contribution in [0.25, 0.3) is 21.8 Å². The lowest BCUT2D eigenvalue weighted by Gasteiger charge is -2.17. The van der Waals surface area contributed by atoms with Crippen molar-refractivity contribution in [2.75, 3.05) is 13.6 Å². The Labute approximate surface area is 180 Å². The first kappa shape index (κ1) is 20.5. The van der Waals surface area contributed by atoms with Gasteiger partial charge in [0.05, 0.1) is 11.2 Å². The van der Waals surface area contributed by atoms with E-state index in [2.05, 4.69) is 26.0 Å². The molecule has 4 aromatic rings. The molecule has 0 unspecified atom stereocenters. The Kier molecular flexibility index (Phi) is 5.88. The topological polar surface area (TPSA) is 104 Å². The normalized spacial score (nSPS) is 12.1. The van der Waals surface area contributed by atoms with Crippen LogP contribution in [0.15, 0.2) is 54.7 Å². The van der Waals surface area contributed by atoms with Crippen molar-refractivity contribution in [1.29, 1.82) is 0 Å². The fourth-order valence-corrected chi connectivity index (χ4v) is 3.88. The molecule has 4 N–H and O–H groups in total. The van der Waals surface area contributed by atoms with E-state index >= 15 is 0 Å². The quantitative estimate of drug-likeness (QED) is 0.370. The highest BCUT2D eigenvalue weighted by Crippen LogP contribution is 2.19. The molecule has 8 nitrogen and oxygen atoms in total. The first-order valence-electron chi connectivity index (χ1n) is 10.3. The number of nitrogens with zero attached hydrogens (tertiary/aromatic N) is 2. The third kappa shape index (κ3) is 4.37. The summed E-state index contributed by atoms with van der Waals surface area (Å²) in [5, 5.41) is 14.9. The zero-order valence-electron chi connectivity index (χ0n) is 17.6. The van der Waals surface area contributed by atoms with Crippen molar-refractivity contribution in [1.82, 2.24) is 30.7 Å². The maximum absolute atomic E-state index is 12.5. The average molecular weight is 419 g/mol. The molecule has 0 bridgehead atoms. The van der Waals surface area contributed by atoms with Crippen LogP contribution in [0.3, 0.4) is 0 Å². The number of para-hydroxylation sites is 2. The monoisotopic (exact) mass is 418 g/mol. The van der Waals surface area contributed by atoms with E-state index in [1.807, 2.05) is 66.5 Å². The molecule has 2 aromatic carbocycles. The number of fused-ring (bicyclic) bond motifs is 2. The van der Waals surface area contributed by atoms with Gasteiger partial charge in [0.25, 0.3) is 0 Å². The van der Waals surface area contributed by atoms with Gasteiger partial charge >= 0.3 is 6.03 Å². The van der Waals surface area contributed by atoms with Gasteiger partial charge in [-0.3, -0.25) is 9.48 Å². The maximum atomic E-state index is 12.5. The van der Waals surface area contributed by atoms with Crippen LogP contribution in [-0.4, -0.2) is 46.3 Å². The molecule has 3 amide bonds. The molecule has 0 aliphatic heterocycles. The number of hydrogen-bond acceptors (Lipinski definition) is 3. The Morgan fingerprint density at radius 1 is 1.10 bits per heavy atom.